The molecule has 8 atom stereocenters. The minimum absolute atomic E-state index is 0.0404. The summed E-state index contributed by atoms with van der Waals surface area (Å²) in [7, 11) is 0. The Balaban J connectivity index is 0.000000190. The van der Waals surface area contributed by atoms with E-state index in [0.29, 0.717) is 62.9 Å². The molecule has 0 N–H and O–H groups in total. The number of esters is 5. The van der Waals surface area contributed by atoms with Gasteiger partial charge in [-0.05, 0) is 112 Å². The van der Waals surface area contributed by atoms with Crippen LogP contribution in [0.3, 0.4) is 0 Å². The number of carbonyl (C=O) groups excluding carboxylic acids is 5. The van der Waals surface area contributed by atoms with Crippen LogP contribution >= 0.6 is 0 Å². The number of rotatable bonds is 15. The first-order chi connectivity index (χ1) is 35.0. The van der Waals surface area contributed by atoms with Crippen molar-refractivity contribution in [2.24, 2.45) is 23.7 Å². The van der Waals surface area contributed by atoms with Crippen LogP contribution in [0.15, 0.2) is 158 Å². The van der Waals surface area contributed by atoms with Gasteiger partial charge in [-0.3, -0.25) is 19.2 Å². The minimum atomic E-state index is -0.630. The summed E-state index contributed by atoms with van der Waals surface area (Å²) in [5.41, 5.74) is 13.9. The van der Waals surface area contributed by atoms with E-state index in [4.69, 9.17) is 24.5 Å². The molecule has 0 aliphatic heterocycles. The lowest BCUT2D eigenvalue weighted by atomic mass is 10.1. The Hall–Kier alpha value is -7.43. The van der Waals surface area contributed by atoms with E-state index in [1.54, 1.807) is 6.92 Å². The van der Waals surface area contributed by atoms with Crippen molar-refractivity contribution in [1.29, 1.82) is 0 Å². The van der Waals surface area contributed by atoms with Crippen LogP contribution in [0.25, 0.3) is 11.6 Å². The molecule has 4 aliphatic rings. The predicted octanol–water partition coefficient (Wildman–Crippen LogP) is 11.6. The van der Waals surface area contributed by atoms with Crippen LogP contribution in [0.1, 0.15) is 112 Å². The van der Waals surface area contributed by atoms with Crippen LogP contribution in [0.2, 0.25) is 0 Å². The predicted molar refractivity (Wildman–Crippen MR) is 279 cm³/mol. The second-order valence-electron chi connectivity index (χ2n) is 17.1. The Labute approximate surface area is 425 Å². The van der Waals surface area contributed by atoms with Crippen LogP contribution in [0.4, 0.5) is 0 Å². The van der Waals surface area contributed by atoms with Crippen molar-refractivity contribution in [3.63, 3.8) is 0 Å². The zero-order valence-corrected chi connectivity index (χ0v) is 42.3. The highest BCUT2D eigenvalue weighted by Crippen LogP contribution is 2.50. The maximum atomic E-state index is 11.4. The van der Waals surface area contributed by atoms with Gasteiger partial charge in [-0.1, -0.05) is 164 Å². The molecule has 0 amide bonds. The molecule has 9 rings (SSSR count). The van der Waals surface area contributed by atoms with E-state index in [-0.39, 0.29) is 47.5 Å². The van der Waals surface area contributed by atoms with Gasteiger partial charge < -0.3 is 29.2 Å². The summed E-state index contributed by atoms with van der Waals surface area (Å²) in [6.07, 6.45) is 6.32. The number of hydrogen-bond donors (Lipinski definition) is 0. The molecule has 380 valence electrons. The lowest BCUT2D eigenvalue weighted by Gasteiger charge is -2.00. The van der Waals surface area contributed by atoms with Gasteiger partial charge in [0.25, 0.3) is 0 Å². The Bertz CT molecular complexity index is 2180. The molecule has 0 radical (unpaired) electrons. The Morgan fingerprint density at radius 1 is 0.431 bits per heavy atom. The SMILES string of the molecule is C=Cc1ccccc1.CCOC(=O)C=[N+]=[N-].CCOC(=O)[C@@H]1C[C@@H]1c1ccccc1.CCOC(=O)[C@@H]1C[C@H]1c1ccccc1.CCOC(=O)[C@H]1C[C@@H]1c1ccccc1.CCOC(=O)[C@H]1C[C@H]1c1ccccc1. The molecule has 12 nitrogen and oxygen atoms in total. The van der Waals surface area contributed by atoms with Gasteiger partial charge in [-0.25, -0.2) is 4.79 Å². The number of nitrogens with zero attached hydrogens (tertiary/aromatic N) is 2. The molecular formula is C60H70N2O10. The molecule has 0 heterocycles. The fourth-order valence-electron chi connectivity index (χ4n) is 7.91. The summed E-state index contributed by atoms with van der Waals surface area (Å²) >= 11 is 0. The lowest BCUT2D eigenvalue weighted by molar-refractivity contribution is -0.145. The van der Waals surface area contributed by atoms with E-state index in [0.717, 1.165) is 25.7 Å². The molecule has 5 aromatic carbocycles. The second-order valence-corrected chi connectivity index (χ2v) is 17.1. The third kappa shape index (κ3) is 20.1. The number of hydrogen-bond acceptors (Lipinski definition) is 10. The van der Waals surface area contributed by atoms with Crippen molar-refractivity contribution >= 4 is 42.1 Å². The van der Waals surface area contributed by atoms with Crippen LogP contribution in [0, 0.1) is 23.7 Å². The van der Waals surface area contributed by atoms with Crippen molar-refractivity contribution in [1.82, 2.24) is 0 Å². The van der Waals surface area contributed by atoms with Crippen molar-refractivity contribution < 1.29 is 52.4 Å². The summed E-state index contributed by atoms with van der Waals surface area (Å²) in [6.45, 7) is 14.9. The molecule has 0 unspecified atom stereocenters. The molecule has 72 heavy (non-hydrogen) atoms. The maximum Gasteiger partial charge on any atom is 0.413 e. The minimum Gasteiger partial charge on any atom is -0.466 e. The van der Waals surface area contributed by atoms with Crippen molar-refractivity contribution in [3.8, 4) is 0 Å². The molecular weight excluding hydrogens is 909 g/mol. The standard InChI is InChI=1S/4C12H14O2.C8H8.C4H6N2O2/c4*1-2-14-12(13)11-8-10(11)9-6-4-3-5-7-9;1-2-8-6-4-3-5-7-8;1-2-8-4(7)3-6-5/h4*3-7,10-11H,2,8H2,1H3;2-7H,1H2;3H,2H2,1H3/t2*10-,11+;2*10-,11-;;/m1010../s1. The monoisotopic (exact) mass is 979 g/mol. The van der Waals surface area contributed by atoms with Crippen molar-refractivity contribution in [2.75, 3.05) is 33.0 Å². The zero-order chi connectivity index (χ0) is 52.1. The Morgan fingerprint density at radius 2 is 0.667 bits per heavy atom. The molecule has 4 aliphatic carbocycles. The molecule has 4 saturated carbocycles. The topological polar surface area (TPSA) is 168 Å². The Kier molecular flexibility index (Phi) is 25.2. The highest BCUT2D eigenvalue weighted by atomic mass is 16.5. The van der Waals surface area contributed by atoms with Crippen LogP contribution < -0.4 is 0 Å². The third-order valence-electron chi connectivity index (χ3n) is 11.9. The van der Waals surface area contributed by atoms with Gasteiger partial charge in [-0.15, -0.1) is 0 Å². The number of carbonyl (C=O) groups is 5. The summed E-state index contributed by atoms with van der Waals surface area (Å²) in [5, 5.41) is 0. The molecule has 5 aromatic rings. The van der Waals surface area contributed by atoms with Gasteiger partial charge in [0, 0.05) is 0 Å². The fourth-order valence-corrected chi connectivity index (χ4v) is 7.91. The highest BCUT2D eigenvalue weighted by molar-refractivity contribution is 6.20. The van der Waals surface area contributed by atoms with Crippen LogP contribution in [-0.4, -0.2) is 73.9 Å². The fraction of sp³-hybridized carbons (Fsp3) is 0.367. The van der Waals surface area contributed by atoms with E-state index >= 15 is 0 Å². The van der Waals surface area contributed by atoms with Gasteiger partial charge in [0.05, 0.1) is 56.7 Å². The molecule has 0 bridgehead atoms. The molecule has 4 fully saturated rings. The molecule has 0 saturated heterocycles. The Morgan fingerprint density at radius 3 is 0.861 bits per heavy atom. The number of benzene rings is 5. The van der Waals surface area contributed by atoms with Crippen molar-refractivity contribution in [3.05, 3.63) is 192 Å². The first-order valence-corrected chi connectivity index (χ1v) is 24.9. The van der Waals surface area contributed by atoms with E-state index in [2.05, 4.69) is 64.6 Å². The smallest absolute Gasteiger partial charge is 0.413 e. The first-order valence-electron chi connectivity index (χ1n) is 24.9. The highest BCUT2D eigenvalue weighted by Gasteiger charge is 2.47. The molecule has 0 aromatic heterocycles. The van der Waals surface area contributed by atoms with Gasteiger partial charge in [0.15, 0.2) is 0 Å². The van der Waals surface area contributed by atoms with E-state index in [9.17, 15) is 24.0 Å². The van der Waals surface area contributed by atoms with Gasteiger partial charge in [0.2, 0.25) is 0 Å². The van der Waals surface area contributed by atoms with Gasteiger partial charge in [0.1, 0.15) is 0 Å². The average molecular weight is 979 g/mol. The van der Waals surface area contributed by atoms with Crippen molar-refractivity contribution in [2.45, 2.75) is 84.0 Å². The largest absolute Gasteiger partial charge is 0.466 e. The normalized spacial score (nSPS) is 20.7. The molecule has 0 spiro atoms. The van der Waals surface area contributed by atoms with E-state index in [1.165, 1.54) is 27.8 Å². The second kappa shape index (κ2) is 31.7. The quantitative estimate of drug-likeness (QED) is 0.0324. The summed E-state index contributed by atoms with van der Waals surface area (Å²) in [4.78, 5) is 58.0. The van der Waals surface area contributed by atoms with E-state index < -0.39 is 5.97 Å². The van der Waals surface area contributed by atoms with Gasteiger partial charge in [-0.2, -0.15) is 4.79 Å². The van der Waals surface area contributed by atoms with E-state index in [1.807, 2.05) is 137 Å². The molecule has 12 heteroatoms. The average Bonchev–Trinajstić information content (AvgIpc) is 4.20. The summed E-state index contributed by atoms with van der Waals surface area (Å²) < 4.78 is 24.2. The number of ether oxygens (including phenoxy) is 5. The maximum absolute atomic E-state index is 11.4. The lowest BCUT2D eigenvalue weighted by Crippen LogP contribution is -2.07. The van der Waals surface area contributed by atoms with Crippen LogP contribution in [-0.2, 0) is 47.7 Å². The van der Waals surface area contributed by atoms with Crippen LogP contribution in [0.5, 0.6) is 0 Å². The third-order valence-corrected chi connectivity index (χ3v) is 11.9. The first kappa shape index (κ1) is 57.2. The zero-order valence-electron chi connectivity index (χ0n) is 42.3. The summed E-state index contributed by atoms with van der Waals surface area (Å²) in [5.74, 6) is 1.24. The summed E-state index contributed by atoms with van der Waals surface area (Å²) in [6, 6.07) is 50.7. The van der Waals surface area contributed by atoms with Gasteiger partial charge >= 0.3 is 36.1 Å².